The molecule has 4 aromatic rings. The summed E-state index contributed by atoms with van der Waals surface area (Å²) in [6.07, 6.45) is -1.44. The summed E-state index contributed by atoms with van der Waals surface area (Å²) in [4.78, 5) is 33.5. The van der Waals surface area contributed by atoms with E-state index >= 15 is 0 Å². The number of carboxylic acids is 1. The predicted molar refractivity (Wildman–Crippen MR) is 119 cm³/mol. The summed E-state index contributed by atoms with van der Waals surface area (Å²) in [5.41, 5.74) is 6.46. The molecular weight excluding hydrogens is 449 g/mol. The van der Waals surface area contributed by atoms with Gasteiger partial charge >= 0.3 is 12.1 Å². The van der Waals surface area contributed by atoms with E-state index in [4.69, 9.17) is 9.90 Å². The Labute approximate surface area is 191 Å². The highest BCUT2D eigenvalue weighted by molar-refractivity contribution is 5.98. The second-order valence-corrected chi connectivity index (χ2v) is 7.77. The number of fused-ring (bicyclic) bond motifs is 2. The first kappa shape index (κ1) is 23.0. The van der Waals surface area contributed by atoms with Crippen molar-refractivity contribution in [3.05, 3.63) is 72.2 Å². The highest BCUT2D eigenvalue weighted by atomic mass is 19.4. The first-order chi connectivity index (χ1) is 16.1. The van der Waals surface area contributed by atoms with Crippen LogP contribution in [-0.4, -0.2) is 44.7 Å². The quantitative estimate of drug-likeness (QED) is 0.393. The zero-order valence-corrected chi connectivity index (χ0v) is 17.8. The third kappa shape index (κ3) is 4.75. The van der Waals surface area contributed by atoms with Gasteiger partial charge in [0, 0.05) is 52.8 Å². The average molecular weight is 468 g/mol. The maximum absolute atomic E-state index is 12.1. The number of para-hydroxylation sites is 1. The average Bonchev–Trinajstić information content (AvgIpc) is 3.28. The highest BCUT2D eigenvalue weighted by Crippen LogP contribution is 2.30. The zero-order chi connectivity index (χ0) is 24.5. The van der Waals surface area contributed by atoms with E-state index in [0.717, 1.165) is 44.7 Å². The van der Waals surface area contributed by atoms with Crippen LogP contribution in [0.15, 0.2) is 60.9 Å². The van der Waals surface area contributed by atoms with Gasteiger partial charge in [0.15, 0.2) is 0 Å². The molecule has 1 aliphatic heterocycles. The van der Waals surface area contributed by atoms with Gasteiger partial charge in [0.2, 0.25) is 0 Å². The molecule has 0 saturated heterocycles. The van der Waals surface area contributed by atoms with E-state index in [1.54, 1.807) is 6.20 Å². The molecule has 0 radical (unpaired) electrons. The summed E-state index contributed by atoms with van der Waals surface area (Å²) >= 11 is 0. The minimum atomic E-state index is -5.08. The molecule has 5 rings (SSSR count). The van der Waals surface area contributed by atoms with Gasteiger partial charge in [-0.25, -0.2) is 4.79 Å². The van der Waals surface area contributed by atoms with Crippen molar-refractivity contribution >= 4 is 22.8 Å². The van der Waals surface area contributed by atoms with Gasteiger partial charge in [0.25, 0.3) is 5.91 Å². The number of carboxylic acid groups (broad SMARTS) is 1. The number of nitrogens with zero attached hydrogens (tertiary/aromatic N) is 2. The molecule has 7 nitrogen and oxygen atoms in total. The molecular formula is C24H19F3N4O3. The van der Waals surface area contributed by atoms with Crippen molar-refractivity contribution in [1.82, 2.24) is 20.3 Å². The molecule has 174 valence electrons. The van der Waals surface area contributed by atoms with Crippen molar-refractivity contribution in [1.29, 1.82) is 0 Å². The van der Waals surface area contributed by atoms with Crippen molar-refractivity contribution in [2.45, 2.75) is 19.0 Å². The number of carbonyl (C=O) groups excluding carboxylic acids is 1. The Morgan fingerprint density at radius 3 is 2.53 bits per heavy atom. The molecule has 34 heavy (non-hydrogen) atoms. The first-order valence-electron chi connectivity index (χ1n) is 10.3. The van der Waals surface area contributed by atoms with Crippen molar-refractivity contribution in [2.75, 3.05) is 6.54 Å². The van der Waals surface area contributed by atoms with Gasteiger partial charge < -0.3 is 15.4 Å². The lowest BCUT2D eigenvalue weighted by Gasteiger charge is -2.18. The number of aromatic nitrogens is 3. The molecule has 1 atom stereocenters. The summed E-state index contributed by atoms with van der Waals surface area (Å²) in [7, 11) is 0. The van der Waals surface area contributed by atoms with Gasteiger partial charge in [-0.3, -0.25) is 14.8 Å². The molecule has 3 aromatic heterocycles. The number of benzene rings is 1. The van der Waals surface area contributed by atoms with Crippen LogP contribution in [0.2, 0.25) is 0 Å². The van der Waals surface area contributed by atoms with Crippen molar-refractivity contribution in [3.8, 4) is 22.5 Å². The molecule has 4 heterocycles. The van der Waals surface area contributed by atoms with Crippen LogP contribution in [0.3, 0.4) is 0 Å². The molecule has 10 heteroatoms. The monoisotopic (exact) mass is 468 g/mol. The summed E-state index contributed by atoms with van der Waals surface area (Å²) in [6, 6.07) is 16.1. The summed E-state index contributed by atoms with van der Waals surface area (Å²) in [5.74, 6) is -2.50. The Hall–Kier alpha value is -4.21. The topological polar surface area (TPSA) is 108 Å². The lowest BCUT2D eigenvalue weighted by atomic mass is 9.99. The molecule has 3 N–H and O–H groups in total. The lowest BCUT2D eigenvalue weighted by molar-refractivity contribution is -0.192. The maximum atomic E-state index is 12.1. The van der Waals surface area contributed by atoms with Gasteiger partial charge in [-0.1, -0.05) is 25.1 Å². The van der Waals surface area contributed by atoms with E-state index in [9.17, 15) is 18.0 Å². The van der Waals surface area contributed by atoms with Gasteiger partial charge in [-0.05, 0) is 30.3 Å². The Morgan fingerprint density at radius 1 is 1.09 bits per heavy atom. The minimum absolute atomic E-state index is 0.0152. The summed E-state index contributed by atoms with van der Waals surface area (Å²) in [5, 5.41) is 11.1. The second kappa shape index (κ2) is 8.97. The zero-order valence-electron chi connectivity index (χ0n) is 17.8. The van der Waals surface area contributed by atoms with E-state index in [1.165, 1.54) is 0 Å². The number of amides is 1. The number of hydrogen-bond acceptors (Lipinski definition) is 4. The highest BCUT2D eigenvalue weighted by Gasteiger charge is 2.38. The van der Waals surface area contributed by atoms with E-state index < -0.39 is 12.1 Å². The van der Waals surface area contributed by atoms with Crippen LogP contribution in [0.1, 0.15) is 28.9 Å². The van der Waals surface area contributed by atoms with Crippen LogP contribution in [0.25, 0.3) is 33.4 Å². The molecule has 0 saturated carbocycles. The van der Waals surface area contributed by atoms with E-state index in [0.29, 0.717) is 6.54 Å². The van der Waals surface area contributed by atoms with E-state index in [1.807, 2.05) is 42.6 Å². The van der Waals surface area contributed by atoms with Gasteiger partial charge in [-0.2, -0.15) is 13.2 Å². The third-order valence-electron chi connectivity index (χ3n) is 5.35. The Morgan fingerprint density at radius 2 is 1.82 bits per heavy atom. The first-order valence-corrected chi connectivity index (χ1v) is 10.3. The standard InChI is InChI=1S/C22H18N4O.C2HF3O2/c1-13-11-25-22(27)17-10-20(26-21(13)17)15-6-7-23-19(9-15)16-8-14-4-2-3-5-18(14)24-12-16;3-2(4,5)1(6)7/h2-10,12-13,26H,11H2,1H3,(H,25,27);(H,6,7). The molecule has 0 fully saturated rings. The van der Waals surface area contributed by atoms with E-state index in [-0.39, 0.29) is 11.8 Å². The van der Waals surface area contributed by atoms with Crippen molar-refractivity contribution in [2.24, 2.45) is 0 Å². The molecule has 1 amide bonds. The fourth-order valence-corrected chi connectivity index (χ4v) is 3.61. The molecule has 1 aromatic carbocycles. The number of hydrogen-bond donors (Lipinski definition) is 3. The molecule has 1 aliphatic rings. The largest absolute Gasteiger partial charge is 0.490 e. The number of rotatable bonds is 2. The minimum Gasteiger partial charge on any atom is -0.475 e. The van der Waals surface area contributed by atoms with Crippen molar-refractivity contribution in [3.63, 3.8) is 0 Å². The van der Waals surface area contributed by atoms with Crippen molar-refractivity contribution < 1.29 is 27.9 Å². The molecule has 1 unspecified atom stereocenters. The lowest BCUT2D eigenvalue weighted by Crippen LogP contribution is -2.33. The Kier molecular flexibility index (Phi) is 6.06. The van der Waals surface area contributed by atoms with Crippen LogP contribution in [0.5, 0.6) is 0 Å². The normalized spacial score (nSPS) is 15.2. The van der Waals surface area contributed by atoms with Gasteiger partial charge in [-0.15, -0.1) is 0 Å². The summed E-state index contributed by atoms with van der Waals surface area (Å²) in [6.45, 7) is 2.77. The fraction of sp³-hybridized carbons (Fsp3) is 0.167. The maximum Gasteiger partial charge on any atom is 0.490 e. The number of pyridine rings is 2. The second-order valence-electron chi connectivity index (χ2n) is 7.77. The van der Waals surface area contributed by atoms with Gasteiger partial charge in [0.1, 0.15) is 0 Å². The van der Waals surface area contributed by atoms with Crippen LogP contribution < -0.4 is 5.32 Å². The van der Waals surface area contributed by atoms with Crippen LogP contribution in [-0.2, 0) is 4.79 Å². The van der Waals surface area contributed by atoms with Crippen LogP contribution >= 0.6 is 0 Å². The number of carbonyl (C=O) groups is 2. The number of halogens is 3. The summed E-state index contributed by atoms with van der Waals surface area (Å²) < 4.78 is 31.7. The molecule has 0 spiro atoms. The predicted octanol–water partition coefficient (Wildman–Crippen LogP) is 4.77. The number of aliphatic carboxylic acids is 1. The third-order valence-corrected chi connectivity index (χ3v) is 5.35. The molecule has 0 bridgehead atoms. The number of alkyl halides is 3. The number of nitrogens with one attached hydrogen (secondary N) is 2. The van der Waals surface area contributed by atoms with Crippen LogP contribution in [0.4, 0.5) is 13.2 Å². The number of H-pyrrole nitrogens is 1. The fourth-order valence-electron chi connectivity index (χ4n) is 3.61. The van der Waals surface area contributed by atoms with E-state index in [2.05, 4.69) is 39.3 Å². The Bertz CT molecular complexity index is 1380. The Balaban J connectivity index is 0.000000344. The van der Waals surface area contributed by atoms with Crippen LogP contribution in [0, 0.1) is 0 Å². The van der Waals surface area contributed by atoms with Gasteiger partial charge in [0.05, 0.1) is 16.8 Å². The molecule has 0 aliphatic carbocycles. The SMILES string of the molecule is CC1CNC(=O)c2cc(-c3ccnc(-c4cnc5ccccc5c4)c3)[nH]c21.O=C(O)C(F)(F)F. The smallest absolute Gasteiger partial charge is 0.475 e. The number of aromatic amines is 1.